The number of aromatic nitrogens is 2. The fourth-order valence-electron chi connectivity index (χ4n) is 4.47. The van der Waals surface area contributed by atoms with E-state index < -0.39 is 6.04 Å². The van der Waals surface area contributed by atoms with E-state index in [-0.39, 0.29) is 11.8 Å². The lowest BCUT2D eigenvalue weighted by Gasteiger charge is -2.27. The lowest BCUT2D eigenvalue weighted by molar-refractivity contribution is -0.136. The van der Waals surface area contributed by atoms with Crippen molar-refractivity contribution < 1.29 is 23.6 Å². The molecule has 2 heterocycles. The summed E-state index contributed by atoms with van der Waals surface area (Å²) in [5.41, 5.74) is 1.75. The number of amides is 2. The average molecular weight is 508 g/mol. The lowest BCUT2D eigenvalue weighted by atomic mass is 10.0. The molecule has 1 N–H and O–H groups in total. The Morgan fingerprint density at radius 2 is 1.81 bits per heavy atom. The van der Waals surface area contributed by atoms with Crippen LogP contribution in [0.15, 0.2) is 53.1 Å². The van der Waals surface area contributed by atoms with Gasteiger partial charge < -0.3 is 24.2 Å². The number of carbonyl (C=O) groups is 2. The van der Waals surface area contributed by atoms with Crippen molar-refractivity contribution in [2.24, 2.45) is 0 Å². The molecule has 1 unspecified atom stereocenters. The predicted molar refractivity (Wildman–Crippen MR) is 137 cm³/mol. The van der Waals surface area contributed by atoms with Crippen LogP contribution in [0, 0.1) is 0 Å². The second kappa shape index (κ2) is 12.4. The molecular formula is C27H33N5O5. The highest BCUT2D eigenvalue weighted by atomic mass is 16.5. The first-order valence-corrected chi connectivity index (χ1v) is 12.3. The Morgan fingerprint density at radius 1 is 1.03 bits per heavy atom. The molecular weight excluding hydrogens is 474 g/mol. The number of rotatable bonds is 9. The summed E-state index contributed by atoms with van der Waals surface area (Å²) in [6.07, 6.45) is 1.16. The van der Waals surface area contributed by atoms with Crippen molar-refractivity contribution in [3.8, 4) is 23.0 Å². The molecule has 0 saturated carbocycles. The van der Waals surface area contributed by atoms with Gasteiger partial charge in [-0.05, 0) is 36.2 Å². The zero-order valence-corrected chi connectivity index (χ0v) is 21.5. The molecule has 10 heteroatoms. The molecule has 1 atom stereocenters. The van der Waals surface area contributed by atoms with Crippen molar-refractivity contribution in [3.05, 3.63) is 59.9 Å². The van der Waals surface area contributed by atoms with E-state index in [2.05, 4.69) is 20.4 Å². The minimum Gasteiger partial charge on any atom is -0.493 e. The summed E-state index contributed by atoms with van der Waals surface area (Å²) < 4.78 is 16.1. The number of benzene rings is 2. The van der Waals surface area contributed by atoms with E-state index in [4.69, 9.17) is 14.0 Å². The Bertz CT molecular complexity index is 1200. The van der Waals surface area contributed by atoms with Gasteiger partial charge in [-0.25, -0.2) is 0 Å². The Kier molecular flexibility index (Phi) is 8.73. The van der Waals surface area contributed by atoms with Crippen molar-refractivity contribution in [2.45, 2.75) is 32.4 Å². The molecule has 10 nitrogen and oxygen atoms in total. The Labute approximate surface area is 216 Å². The maximum Gasteiger partial charge on any atom is 0.257 e. The molecule has 3 aromatic rings. The van der Waals surface area contributed by atoms with Crippen molar-refractivity contribution in [1.82, 2.24) is 25.3 Å². The highest BCUT2D eigenvalue weighted by molar-refractivity contribution is 5.87. The largest absolute Gasteiger partial charge is 0.493 e. The quantitative estimate of drug-likeness (QED) is 0.471. The molecule has 37 heavy (non-hydrogen) atoms. The minimum absolute atomic E-state index is 0.0993. The van der Waals surface area contributed by atoms with Crippen LogP contribution in [0.25, 0.3) is 11.5 Å². The van der Waals surface area contributed by atoms with E-state index in [1.165, 1.54) is 6.92 Å². The normalized spacial score (nSPS) is 15.1. The van der Waals surface area contributed by atoms with Crippen LogP contribution in [0.4, 0.5) is 0 Å². The topological polar surface area (TPSA) is 110 Å². The van der Waals surface area contributed by atoms with Gasteiger partial charge in [-0.15, -0.1) is 0 Å². The Morgan fingerprint density at radius 3 is 2.54 bits per heavy atom. The fraction of sp³-hybridized carbons (Fsp3) is 0.407. The fourth-order valence-corrected chi connectivity index (χ4v) is 4.47. The standard InChI is InChI=1S/C27H33N5O5/c1-19(33)28-22(16-20-10-11-23(35-2)24(17-20)36-3)27(34)32-13-7-12-31(14-15-32)18-25-29-26(37-30-25)21-8-5-4-6-9-21/h4-6,8-11,17,22H,7,12-16,18H2,1-3H3,(H,28,33). The molecule has 1 aromatic heterocycles. The first-order chi connectivity index (χ1) is 18.0. The minimum atomic E-state index is -0.673. The smallest absolute Gasteiger partial charge is 0.257 e. The van der Waals surface area contributed by atoms with Crippen LogP contribution >= 0.6 is 0 Å². The number of hydrogen-bond donors (Lipinski definition) is 1. The van der Waals surface area contributed by atoms with Gasteiger partial charge in [0.25, 0.3) is 5.89 Å². The third kappa shape index (κ3) is 6.85. The first kappa shape index (κ1) is 26.2. The Hall–Kier alpha value is -3.92. The molecule has 4 rings (SSSR count). The summed E-state index contributed by atoms with van der Waals surface area (Å²) in [5, 5.41) is 6.96. The van der Waals surface area contributed by atoms with Gasteiger partial charge in [0.2, 0.25) is 11.8 Å². The molecule has 1 fully saturated rings. The summed E-state index contributed by atoms with van der Waals surface area (Å²) in [4.78, 5) is 34.0. The molecule has 196 valence electrons. The summed E-state index contributed by atoms with van der Waals surface area (Å²) >= 11 is 0. The number of nitrogens with zero attached hydrogens (tertiary/aromatic N) is 4. The summed E-state index contributed by atoms with van der Waals surface area (Å²) in [5.74, 6) is 1.95. The van der Waals surface area contributed by atoms with Crippen LogP contribution < -0.4 is 14.8 Å². The lowest BCUT2D eigenvalue weighted by Crippen LogP contribution is -2.50. The van der Waals surface area contributed by atoms with Gasteiger partial charge in [0.1, 0.15) is 6.04 Å². The first-order valence-electron chi connectivity index (χ1n) is 12.3. The number of nitrogens with one attached hydrogen (secondary N) is 1. The van der Waals surface area contributed by atoms with E-state index in [0.717, 1.165) is 24.1 Å². The highest BCUT2D eigenvalue weighted by Gasteiger charge is 2.28. The zero-order valence-electron chi connectivity index (χ0n) is 21.5. The van der Waals surface area contributed by atoms with Gasteiger partial charge in [0.15, 0.2) is 17.3 Å². The van der Waals surface area contributed by atoms with Crippen LogP contribution in [0.2, 0.25) is 0 Å². The van der Waals surface area contributed by atoms with Gasteiger partial charge in [-0.3, -0.25) is 14.5 Å². The van der Waals surface area contributed by atoms with E-state index in [1.54, 1.807) is 20.3 Å². The average Bonchev–Trinajstić information content (AvgIpc) is 3.25. The van der Waals surface area contributed by atoms with Crippen LogP contribution in [0.5, 0.6) is 11.5 Å². The molecule has 1 aliphatic heterocycles. The van der Waals surface area contributed by atoms with Crippen molar-refractivity contribution in [2.75, 3.05) is 40.4 Å². The maximum atomic E-state index is 13.5. The molecule has 2 aromatic carbocycles. The van der Waals surface area contributed by atoms with Gasteiger partial charge in [0.05, 0.1) is 20.8 Å². The molecule has 1 aliphatic rings. The third-order valence-electron chi connectivity index (χ3n) is 6.32. The molecule has 0 bridgehead atoms. The zero-order chi connectivity index (χ0) is 26.2. The van der Waals surface area contributed by atoms with Crippen molar-refractivity contribution in [1.29, 1.82) is 0 Å². The van der Waals surface area contributed by atoms with Crippen LogP contribution in [-0.4, -0.2) is 78.2 Å². The number of carbonyl (C=O) groups excluding carboxylic acids is 2. The number of hydrogen-bond acceptors (Lipinski definition) is 8. The summed E-state index contributed by atoms with van der Waals surface area (Å²) in [6.45, 7) is 4.60. The van der Waals surface area contributed by atoms with Crippen LogP contribution in [0.3, 0.4) is 0 Å². The van der Waals surface area contributed by atoms with Gasteiger partial charge >= 0.3 is 0 Å². The summed E-state index contributed by atoms with van der Waals surface area (Å²) in [6, 6.07) is 14.5. The van der Waals surface area contributed by atoms with Gasteiger partial charge in [-0.1, -0.05) is 29.4 Å². The second-order valence-corrected chi connectivity index (χ2v) is 8.98. The van der Waals surface area contributed by atoms with Crippen molar-refractivity contribution >= 4 is 11.8 Å². The van der Waals surface area contributed by atoms with E-state index in [1.807, 2.05) is 47.4 Å². The van der Waals surface area contributed by atoms with E-state index >= 15 is 0 Å². The number of ether oxygens (including phenoxy) is 2. The molecule has 2 amide bonds. The monoisotopic (exact) mass is 507 g/mol. The maximum absolute atomic E-state index is 13.5. The molecule has 0 spiro atoms. The molecule has 1 saturated heterocycles. The van der Waals surface area contributed by atoms with Crippen LogP contribution in [0.1, 0.15) is 24.7 Å². The van der Waals surface area contributed by atoms with Crippen LogP contribution in [-0.2, 0) is 22.6 Å². The van der Waals surface area contributed by atoms with Gasteiger partial charge in [-0.2, -0.15) is 4.98 Å². The third-order valence-corrected chi connectivity index (χ3v) is 6.32. The van der Waals surface area contributed by atoms with Gasteiger partial charge in [0, 0.05) is 45.1 Å². The SMILES string of the molecule is COc1ccc(CC(NC(C)=O)C(=O)N2CCCN(Cc3noc(-c4ccccc4)n3)CC2)cc1OC. The molecule has 0 aliphatic carbocycles. The van der Waals surface area contributed by atoms with Crippen molar-refractivity contribution in [3.63, 3.8) is 0 Å². The predicted octanol–water partition coefficient (Wildman–Crippen LogP) is 2.54. The second-order valence-electron chi connectivity index (χ2n) is 8.98. The highest BCUT2D eigenvalue weighted by Crippen LogP contribution is 2.28. The molecule has 0 radical (unpaired) electrons. The van der Waals surface area contributed by atoms with E-state index in [9.17, 15) is 9.59 Å². The summed E-state index contributed by atoms with van der Waals surface area (Å²) in [7, 11) is 3.14. The van der Waals surface area contributed by atoms with E-state index in [0.29, 0.717) is 55.8 Å². The Balaban J connectivity index is 1.38. The number of methoxy groups -OCH3 is 2.